The van der Waals surface area contributed by atoms with Crippen molar-refractivity contribution in [2.24, 2.45) is 0 Å². The Morgan fingerprint density at radius 2 is 2.00 bits per heavy atom. The fraction of sp³-hybridized carbons (Fsp3) is 0.900. The third-order valence-corrected chi connectivity index (χ3v) is 6.45. The molecule has 0 radical (unpaired) electrons. The van der Waals surface area contributed by atoms with Gasteiger partial charge in [0.05, 0.1) is 13.0 Å². The van der Waals surface area contributed by atoms with Crippen molar-refractivity contribution in [2.45, 2.75) is 38.8 Å². The molecule has 0 aromatic heterocycles. The van der Waals surface area contributed by atoms with Gasteiger partial charge in [0, 0.05) is 18.8 Å². The number of carbonyl (C=O) groups excluding carboxylic acids is 1. The minimum Gasteiger partial charge on any atom is -0.466 e. The summed E-state index contributed by atoms with van der Waals surface area (Å²) in [6.07, 6.45) is 1.32. The van der Waals surface area contributed by atoms with E-state index in [1.54, 1.807) is 0 Å². The summed E-state index contributed by atoms with van der Waals surface area (Å²) in [5.41, 5.74) is 0.235. The Kier molecular flexibility index (Phi) is 4.75. The van der Waals surface area contributed by atoms with Crippen molar-refractivity contribution in [3.8, 4) is 0 Å². The summed E-state index contributed by atoms with van der Waals surface area (Å²) < 4.78 is 16.5. The van der Waals surface area contributed by atoms with E-state index in [0.717, 1.165) is 6.42 Å². The second kappa shape index (κ2) is 5.63. The van der Waals surface area contributed by atoms with Crippen LogP contribution in [0.2, 0.25) is 12.1 Å². The van der Waals surface area contributed by atoms with Gasteiger partial charge in [0.2, 0.25) is 0 Å². The van der Waals surface area contributed by atoms with Crippen LogP contribution in [0.15, 0.2) is 0 Å². The van der Waals surface area contributed by atoms with E-state index in [-0.39, 0.29) is 11.5 Å². The highest BCUT2D eigenvalue weighted by atomic mass is 28.4. The van der Waals surface area contributed by atoms with Crippen LogP contribution in [0.1, 0.15) is 26.7 Å². The smallest absolute Gasteiger partial charge is 0.338 e. The zero-order valence-corrected chi connectivity index (χ0v) is 10.7. The first-order valence-corrected chi connectivity index (χ1v) is 7.95. The van der Waals surface area contributed by atoms with Crippen LogP contribution in [0.3, 0.4) is 0 Å². The summed E-state index contributed by atoms with van der Waals surface area (Å²) in [5, 5.41) is 0. The number of esters is 1. The van der Waals surface area contributed by atoms with Gasteiger partial charge in [0.1, 0.15) is 0 Å². The maximum atomic E-state index is 11.2. The van der Waals surface area contributed by atoms with Gasteiger partial charge < -0.3 is 13.6 Å². The maximum Gasteiger partial charge on any atom is 0.338 e. The van der Waals surface area contributed by atoms with E-state index in [2.05, 4.69) is 0 Å². The van der Waals surface area contributed by atoms with Crippen LogP contribution in [0.4, 0.5) is 0 Å². The molecule has 0 N–H and O–H groups in total. The van der Waals surface area contributed by atoms with E-state index in [1.165, 1.54) is 0 Å². The average Bonchev–Trinajstić information content (AvgIpc) is 2.18. The van der Waals surface area contributed by atoms with Crippen LogP contribution < -0.4 is 0 Å². The van der Waals surface area contributed by atoms with Gasteiger partial charge in [-0.2, -0.15) is 0 Å². The molecule has 1 heterocycles. The van der Waals surface area contributed by atoms with Gasteiger partial charge >= 0.3 is 14.5 Å². The average molecular weight is 232 g/mol. The molecule has 1 rings (SSSR count). The van der Waals surface area contributed by atoms with Crippen LogP contribution in [0.5, 0.6) is 0 Å². The summed E-state index contributed by atoms with van der Waals surface area (Å²) in [6, 6.07) is 0. The molecule has 1 aliphatic rings. The van der Waals surface area contributed by atoms with Crippen molar-refractivity contribution >= 4 is 14.5 Å². The number of hydrogen-bond donors (Lipinski definition) is 0. The molecule has 0 aromatic carbocycles. The molecule has 15 heavy (non-hydrogen) atoms. The molecule has 0 spiro atoms. The Morgan fingerprint density at radius 1 is 1.40 bits per heavy atom. The van der Waals surface area contributed by atoms with Gasteiger partial charge in [-0.1, -0.05) is 0 Å². The largest absolute Gasteiger partial charge is 0.466 e. The molecule has 1 unspecified atom stereocenters. The monoisotopic (exact) mass is 232 g/mol. The number of hydrogen-bond acceptors (Lipinski definition) is 4. The Balaban J connectivity index is 2.64. The van der Waals surface area contributed by atoms with Gasteiger partial charge in [-0.05, 0) is 26.8 Å². The molecule has 4 nitrogen and oxygen atoms in total. The summed E-state index contributed by atoms with van der Waals surface area (Å²) in [5.74, 6) is -0.121. The Labute approximate surface area is 92.1 Å². The highest BCUT2D eigenvalue weighted by Gasteiger charge is 2.43. The molecule has 1 fully saturated rings. The molecule has 0 aliphatic carbocycles. The van der Waals surface area contributed by atoms with Crippen LogP contribution in [-0.4, -0.2) is 34.4 Å². The lowest BCUT2D eigenvalue weighted by Gasteiger charge is -2.35. The van der Waals surface area contributed by atoms with E-state index in [9.17, 15) is 4.79 Å². The minimum atomic E-state index is -2.19. The van der Waals surface area contributed by atoms with Crippen molar-refractivity contribution in [3.05, 3.63) is 0 Å². The van der Waals surface area contributed by atoms with E-state index in [4.69, 9.17) is 13.6 Å². The molecule has 0 aromatic rings. The lowest BCUT2D eigenvalue weighted by atomic mass is 10.2. The molecular formula is C10H20O4Si. The lowest BCUT2D eigenvalue weighted by Crippen LogP contribution is -2.46. The zero-order valence-electron chi connectivity index (χ0n) is 9.75. The fourth-order valence-electron chi connectivity index (χ4n) is 1.98. The second-order valence-electron chi connectivity index (χ2n) is 3.79. The molecular weight excluding hydrogens is 212 g/mol. The van der Waals surface area contributed by atoms with Gasteiger partial charge in [0.15, 0.2) is 0 Å². The zero-order chi connectivity index (χ0) is 11.3. The maximum absolute atomic E-state index is 11.2. The first-order valence-electron chi connectivity index (χ1n) is 5.56. The summed E-state index contributed by atoms with van der Waals surface area (Å²) >= 11 is 0. The molecule has 1 saturated heterocycles. The normalized spacial score (nSPS) is 22.6. The van der Waals surface area contributed by atoms with Gasteiger partial charge in [-0.3, -0.25) is 4.79 Å². The number of ether oxygens (including phenoxy) is 1. The summed E-state index contributed by atoms with van der Waals surface area (Å²) in [4.78, 5) is 11.2. The predicted molar refractivity (Wildman–Crippen MR) is 58.8 cm³/mol. The van der Waals surface area contributed by atoms with Crippen molar-refractivity contribution in [1.82, 2.24) is 0 Å². The molecule has 1 atom stereocenters. The van der Waals surface area contributed by atoms with Crippen molar-refractivity contribution < 1.29 is 18.4 Å². The third-order valence-electron chi connectivity index (χ3n) is 2.75. The number of rotatable bonds is 5. The minimum absolute atomic E-state index is 0.121. The molecule has 88 valence electrons. The summed E-state index contributed by atoms with van der Waals surface area (Å²) in [7, 11) is -2.19. The van der Waals surface area contributed by atoms with E-state index >= 15 is 0 Å². The quantitative estimate of drug-likeness (QED) is 0.536. The molecule has 0 bridgehead atoms. The SMILES string of the molecule is CCO[Si](C)(OCC)C1CCOC(=O)C1. The first kappa shape index (κ1) is 12.7. The van der Waals surface area contributed by atoms with Gasteiger partial charge in [0.25, 0.3) is 0 Å². The van der Waals surface area contributed by atoms with Crippen LogP contribution in [0.25, 0.3) is 0 Å². The third kappa shape index (κ3) is 3.29. The molecule has 0 amide bonds. The van der Waals surface area contributed by atoms with Crippen LogP contribution in [0, 0.1) is 0 Å². The second-order valence-corrected chi connectivity index (χ2v) is 7.22. The highest BCUT2D eigenvalue weighted by Crippen LogP contribution is 2.34. The van der Waals surface area contributed by atoms with Crippen LogP contribution in [-0.2, 0) is 18.4 Å². The molecule has 5 heteroatoms. The Hall–Kier alpha value is -0.393. The standard InChI is InChI=1S/C10H20O4Si/c1-4-13-15(3,14-5-2)9-6-7-12-10(11)8-9/h9H,4-8H2,1-3H3. The predicted octanol–water partition coefficient (Wildman–Crippen LogP) is 1.84. The van der Waals surface area contributed by atoms with E-state index in [1.807, 2.05) is 20.4 Å². The fourth-order valence-corrected chi connectivity index (χ4v) is 4.86. The van der Waals surface area contributed by atoms with E-state index < -0.39 is 8.56 Å². The van der Waals surface area contributed by atoms with Crippen LogP contribution >= 0.6 is 0 Å². The van der Waals surface area contributed by atoms with Crippen molar-refractivity contribution in [3.63, 3.8) is 0 Å². The molecule has 0 saturated carbocycles. The Bertz CT molecular complexity index is 213. The van der Waals surface area contributed by atoms with Gasteiger partial charge in [-0.15, -0.1) is 0 Å². The van der Waals surface area contributed by atoms with Crippen molar-refractivity contribution in [1.29, 1.82) is 0 Å². The Morgan fingerprint density at radius 3 is 2.47 bits per heavy atom. The topological polar surface area (TPSA) is 44.8 Å². The molecule has 1 aliphatic heterocycles. The number of carbonyl (C=O) groups is 1. The van der Waals surface area contributed by atoms with Gasteiger partial charge in [-0.25, -0.2) is 0 Å². The lowest BCUT2D eigenvalue weighted by molar-refractivity contribution is -0.147. The number of cyclic esters (lactones) is 1. The first-order chi connectivity index (χ1) is 7.12. The highest BCUT2D eigenvalue weighted by molar-refractivity contribution is 6.67. The van der Waals surface area contributed by atoms with Crippen molar-refractivity contribution in [2.75, 3.05) is 19.8 Å². The summed E-state index contributed by atoms with van der Waals surface area (Å²) in [6.45, 7) is 7.77. The van der Waals surface area contributed by atoms with E-state index in [0.29, 0.717) is 26.2 Å².